The third-order valence-electron chi connectivity index (χ3n) is 10.4. The summed E-state index contributed by atoms with van der Waals surface area (Å²) >= 11 is 3.28. The van der Waals surface area contributed by atoms with Crippen LogP contribution in [0.3, 0.4) is 0 Å². The number of rotatable bonds is 14. The van der Waals surface area contributed by atoms with Gasteiger partial charge in [0.15, 0.2) is 21.9 Å². The molecule has 9 heteroatoms. The molecule has 59 heavy (non-hydrogen) atoms. The highest BCUT2D eigenvalue weighted by Crippen LogP contribution is 2.61. The number of ether oxygens (including phenoxy) is 4. The van der Waals surface area contributed by atoms with Crippen molar-refractivity contribution in [1.82, 2.24) is 4.98 Å². The zero-order valence-corrected chi connectivity index (χ0v) is 33.7. The van der Waals surface area contributed by atoms with Gasteiger partial charge in [-0.1, -0.05) is 151 Å². The van der Waals surface area contributed by atoms with E-state index in [1.165, 1.54) is 6.07 Å². The molecule has 0 fully saturated rings. The number of hydrogen-bond donors (Lipinski definition) is 2. The van der Waals surface area contributed by atoms with Crippen molar-refractivity contribution in [2.75, 3.05) is 0 Å². The lowest BCUT2D eigenvalue weighted by Crippen LogP contribution is -2.49. The molecule has 0 aliphatic carbocycles. The fourth-order valence-corrected chi connectivity index (χ4v) is 10.4. The normalized spacial score (nSPS) is 17.2. The molecule has 3 atom stereocenters. The highest BCUT2D eigenvalue weighted by molar-refractivity contribution is 8.02. The fourth-order valence-electron chi connectivity index (χ4n) is 7.56. The predicted molar refractivity (Wildman–Crippen MR) is 233 cm³/mol. The number of fused-ring (bicyclic) bond motifs is 2. The Balaban J connectivity index is 1.29. The first-order chi connectivity index (χ1) is 29.0. The number of phenols is 2. The number of aromatic hydroxyl groups is 2. The maximum absolute atomic E-state index is 10.9. The summed E-state index contributed by atoms with van der Waals surface area (Å²) < 4.78 is 28.9. The minimum Gasteiger partial charge on any atom is -0.504 e. The fraction of sp³-hybridized carbons (Fsp3) is 0.140. The van der Waals surface area contributed by atoms with Crippen LogP contribution in [-0.4, -0.2) is 21.3 Å². The average molecular weight is 816 g/mol. The molecular formula is C50H41NO6S2. The van der Waals surface area contributed by atoms with E-state index in [2.05, 4.69) is 18.2 Å². The van der Waals surface area contributed by atoms with Gasteiger partial charge >= 0.3 is 0 Å². The second-order valence-corrected chi connectivity index (χ2v) is 17.1. The molecule has 0 saturated carbocycles. The van der Waals surface area contributed by atoms with Gasteiger partial charge < -0.3 is 29.2 Å². The number of thioether (sulfide) groups is 1. The number of phenolic OH excluding ortho intramolecular Hbond substituents is 2. The zero-order valence-electron chi connectivity index (χ0n) is 32.0. The van der Waals surface area contributed by atoms with Crippen LogP contribution in [-0.2, 0) is 35.7 Å². The molecule has 0 spiro atoms. The van der Waals surface area contributed by atoms with Gasteiger partial charge in [-0.3, -0.25) is 0 Å². The molecule has 7 aromatic carbocycles. The number of thiazole rings is 1. The van der Waals surface area contributed by atoms with E-state index < -0.39 is 17.0 Å². The van der Waals surface area contributed by atoms with Gasteiger partial charge in [-0.15, -0.1) is 11.3 Å². The monoisotopic (exact) mass is 815 g/mol. The number of para-hydroxylation sites is 1. The van der Waals surface area contributed by atoms with E-state index >= 15 is 0 Å². The summed E-state index contributed by atoms with van der Waals surface area (Å²) in [7, 11) is 0. The lowest BCUT2D eigenvalue weighted by atomic mass is 9.79. The van der Waals surface area contributed by atoms with Crippen LogP contribution in [0.15, 0.2) is 180 Å². The van der Waals surface area contributed by atoms with Gasteiger partial charge in [0.25, 0.3) is 0 Å². The van der Waals surface area contributed by atoms with Crippen LogP contribution in [0, 0.1) is 0 Å². The summed E-state index contributed by atoms with van der Waals surface area (Å²) in [4.78, 5) is 5.19. The van der Waals surface area contributed by atoms with Gasteiger partial charge in [-0.25, -0.2) is 4.98 Å². The van der Waals surface area contributed by atoms with E-state index in [-0.39, 0.29) is 18.1 Å². The molecule has 2 N–H and O–H groups in total. The van der Waals surface area contributed by atoms with Crippen molar-refractivity contribution in [2.24, 2.45) is 0 Å². The second kappa shape index (κ2) is 17.3. The molecule has 0 amide bonds. The first kappa shape index (κ1) is 38.3. The summed E-state index contributed by atoms with van der Waals surface area (Å²) in [5.41, 5.74) is 6.46. The van der Waals surface area contributed by atoms with Crippen molar-refractivity contribution in [1.29, 1.82) is 0 Å². The smallest absolute Gasteiger partial charge is 0.157 e. The van der Waals surface area contributed by atoms with E-state index in [0.717, 1.165) is 42.4 Å². The summed E-state index contributed by atoms with van der Waals surface area (Å²) in [5, 5.41) is 21.4. The Morgan fingerprint density at radius 2 is 1.20 bits per heavy atom. The molecule has 2 heterocycles. The van der Waals surface area contributed by atoms with Crippen LogP contribution in [0.2, 0.25) is 0 Å². The molecule has 0 saturated heterocycles. The lowest BCUT2D eigenvalue weighted by molar-refractivity contribution is -0.0730. The Labute approximate surface area is 351 Å². The molecule has 294 valence electrons. The molecular weight excluding hydrogens is 775 g/mol. The highest BCUT2D eigenvalue weighted by Gasteiger charge is 2.55. The Bertz CT molecular complexity index is 2610. The lowest BCUT2D eigenvalue weighted by Gasteiger charge is -2.48. The molecule has 1 aromatic heterocycles. The summed E-state index contributed by atoms with van der Waals surface area (Å²) in [6.07, 6.45) is -0.974. The topological polar surface area (TPSA) is 90.3 Å². The average Bonchev–Trinajstić information content (AvgIpc) is 3.69. The number of aromatic nitrogens is 1. The molecule has 1 unspecified atom stereocenters. The van der Waals surface area contributed by atoms with E-state index in [0.29, 0.717) is 42.4 Å². The van der Waals surface area contributed by atoms with Crippen molar-refractivity contribution in [3.8, 4) is 28.7 Å². The second-order valence-electron chi connectivity index (χ2n) is 14.4. The molecule has 0 radical (unpaired) electrons. The van der Waals surface area contributed by atoms with Gasteiger partial charge in [0.1, 0.15) is 36.6 Å². The third-order valence-corrected chi connectivity index (χ3v) is 12.9. The van der Waals surface area contributed by atoms with E-state index in [9.17, 15) is 10.2 Å². The summed E-state index contributed by atoms with van der Waals surface area (Å²) in [5.74, 6) is 1.25. The van der Waals surface area contributed by atoms with Gasteiger partial charge in [-0.2, -0.15) is 0 Å². The summed E-state index contributed by atoms with van der Waals surface area (Å²) in [6.45, 7) is 0.916. The van der Waals surface area contributed by atoms with Crippen molar-refractivity contribution < 1.29 is 29.2 Å². The van der Waals surface area contributed by atoms with Crippen molar-refractivity contribution in [3.05, 3.63) is 209 Å². The zero-order chi connectivity index (χ0) is 40.0. The first-order valence-electron chi connectivity index (χ1n) is 19.5. The largest absolute Gasteiger partial charge is 0.504 e. The predicted octanol–water partition coefficient (Wildman–Crippen LogP) is 11.8. The van der Waals surface area contributed by atoms with Crippen LogP contribution in [0.25, 0.3) is 10.2 Å². The van der Waals surface area contributed by atoms with Crippen molar-refractivity contribution in [2.45, 2.75) is 47.5 Å². The van der Waals surface area contributed by atoms with Gasteiger partial charge in [0, 0.05) is 12.1 Å². The highest BCUT2D eigenvalue weighted by atomic mass is 32.2. The Morgan fingerprint density at radius 3 is 1.85 bits per heavy atom. The van der Waals surface area contributed by atoms with Gasteiger partial charge in [0.05, 0.1) is 27.1 Å². The molecule has 0 bridgehead atoms. The van der Waals surface area contributed by atoms with E-state index in [1.807, 2.05) is 140 Å². The molecule has 9 rings (SSSR count). The number of hydrogen-bond acceptors (Lipinski definition) is 9. The maximum atomic E-state index is 10.9. The van der Waals surface area contributed by atoms with Crippen LogP contribution < -0.4 is 14.2 Å². The van der Waals surface area contributed by atoms with Crippen LogP contribution in [0.4, 0.5) is 0 Å². The number of benzene rings is 7. The SMILES string of the molecule is Oc1ccc([C@H]2Oc3cc(OCc4ccccc4)cc(OCc4ccccc4)c3C(Cc3ccccc3)(Sc3nc4ccccc4s3)[C@@H]2OCc2ccccc2)cc1O. The quantitative estimate of drug-likeness (QED) is 0.105. The van der Waals surface area contributed by atoms with E-state index in [1.54, 1.807) is 35.2 Å². The van der Waals surface area contributed by atoms with Crippen LogP contribution in [0.1, 0.15) is 39.5 Å². The van der Waals surface area contributed by atoms with Crippen LogP contribution >= 0.6 is 23.1 Å². The molecule has 1 aliphatic heterocycles. The molecule has 8 aromatic rings. The van der Waals surface area contributed by atoms with Crippen LogP contribution in [0.5, 0.6) is 28.7 Å². The van der Waals surface area contributed by atoms with Gasteiger partial charge in [0.2, 0.25) is 0 Å². The molecule has 7 nitrogen and oxygen atoms in total. The van der Waals surface area contributed by atoms with E-state index in [4.69, 9.17) is 23.9 Å². The standard InChI is InChI=1S/C50H41NO6S2/c52-41-26-25-38(27-42(41)53)47-48(56-33-37-21-11-4-12-22-37)50(30-34-15-5-1-6-16-34,59-49-51-40-23-13-14-24-45(40)58-49)46-43(55-32-36-19-9-3-10-20-36)28-39(29-44(46)57-47)54-31-35-17-7-2-8-18-35/h1-29,47-48,52-53H,30-33H2/t47-,48-,50?/m1/s1. The Kier molecular flexibility index (Phi) is 11.2. The Hall–Kier alpha value is -6.26. The summed E-state index contributed by atoms with van der Waals surface area (Å²) in [6, 6.07) is 57.5. The maximum Gasteiger partial charge on any atom is 0.157 e. The number of nitrogens with zero attached hydrogens (tertiary/aromatic N) is 1. The Morgan fingerprint density at radius 1 is 0.610 bits per heavy atom. The van der Waals surface area contributed by atoms with Gasteiger partial charge in [-0.05, 0) is 58.5 Å². The van der Waals surface area contributed by atoms with Crippen molar-refractivity contribution in [3.63, 3.8) is 0 Å². The minimum atomic E-state index is -0.959. The first-order valence-corrected chi connectivity index (χ1v) is 21.1. The molecule has 1 aliphatic rings. The minimum absolute atomic E-state index is 0.223. The third kappa shape index (κ3) is 8.50. The van der Waals surface area contributed by atoms with Crippen molar-refractivity contribution >= 4 is 33.3 Å².